The van der Waals surface area contributed by atoms with E-state index < -0.39 is 0 Å². The molecule has 1 saturated heterocycles. The molecule has 1 fully saturated rings. The number of carbonyl (C=O) groups is 1. The topological polar surface area (TPSA) is 64.8 Å². The Morgan fingerprint density at radius 1 is 0.962 bits per heavy atom. The number of primary amides is 1. The second kappa shape index (κ2) is 9.48. The zero-order valence-corrected chi connectivity index (χ0v) is 14.9. The van der Waals surface area contributed by atoms with Crippen LogP contribution in [0.15, 0.2) is 60.7 Å². The number of nitrogens with zero attached hydrogens (tertiary/aromatic N) is 1. The van der Waals surface area contributed by atoms with Crippen molar-refractivity contribution in [1.82, 2.24) is 4.90 Å². The van der Waals surface area contributed by atoms with E-state index in [1.54, 1.807) is 0 Å². The van der Waals surface area contributed by atoms with Crippen LogP contribution in [0.4, 0.5) is 0 Å². The SMILES string of the molecule is NC(=O)C(CCC1OCCO1)N(Cc1ccccc1)Cc1ccccc1. The van der Waals surface area contributed by atoms with E-state index >= 15 is 0 Å². The van der Waals surface area contributed by atoms with Gasteiger partial charge >= 0.3 is 0 Å². The third-order valence-corrected chi connectivity index (χ3v) is 4.59. The van der Waals surface area contributed by atoms with E-state index in [9.17, 15) is 4.79 Å². The number of hydrogen-bond acceptors (Lipinski definition) is 4. The van der Waals surface area contributed by atoms with Crippen LogP contribution in [-0.4, -0.2) is 36.4 Å². The first kappa shape index (κ1) is 18.6. The summed E-state index contributed by atoms with van der Waals surface area (Å²) >= 11 is 0. The lowest BCUT2D eigenvalue weighted by atomic mass is 10.1. The lowest BCUT2D eigenvalue weighted by Crippen LogP contribution is -2.44. The summed E-state index contributed by atoms with van der Waals surface area (Å²) in [5.41, 5.74) is 8.08. The molecular formula is C21H26N2O3. The van der Waals surface area contributed by atoms with E-state index in [2.05, 4.69) is 29.2 Å². The Bertz CT molecular complexity index is 631. The van der Waals surface area contributed by atoms with Gasteiger partial charge in [-0.2, -0.15) is 0 Å². The quantitative estimate of drug-likeness (QED) is 0.752. The Morgan fingerprint density at radius 3 is 1.92 bits per heavy atom. The lowest BCUT2D eigenvalue weighted by molar-refractivity contribution is -0.125. The number of ether oxygens (including phenoxy) is 2. The minimum Gasteiger partial charge on any atom is -0.368 e. The molecule has 1 unspecified atom stereocenters. The highest BCUT2D eigenvalue weighted by atomic mass is 16.7. The number of nitrogens with two attached hydrogens (primary N) is 1. The molecule has 5 nitrogen and oxygen atoms in total. The molecule has 1 amide bonds. The fourth-order valence-corrected chi connectivity index (χ4v) is 3.28. The fraction of sp³-hybridized carbons (Fsp3) is 0.381. The van der Waals surface area contributed by atoms with Crippen molar-refractivity contribution in [1.29, 1.82) is 0 Å². The molecule has 26 heavy (non-hydrogen) atoms. The monoisotopic (exact) mass is 354 g/mol. The molecule has 0 radical (unpaired) electrons. The molecule has 0 bridgehead atoms. The second-order valence-electron chi connectivity index (χ2n) is 6.54. The van der Waals surface area contributed by atoms with E-state index in [4.69, 9.17) is 15.2 Å². The molecule has 2 aromatic rings. The molecule has 1 aliphatic rings. The van der Waals surface area contributed by atoms with Crippen molar-refractivity contribution < 1.29 is 14.3 Å². The van der Waals surface area contributed by atoms with Crippen molar-refractivity contribution >= 4 is 5.91 Å². The smallest absolute Gasteiger partial charge is 0.234 e. The standard InChI is InChI=1S/C21H26N2O3/c22-21(24)19(11-12-20-25-13-14-26-20)23(15-17-7-3-1-4-8-17)16-18-9-5-2-6-10-18/h1-10,19-20H,11-16H2,(H2,22,24). The van der Waals surface area contributed by atoms with Crippen LogP contribution in [0.3, 0.4) is 0 Å². The van der Waals surface area contributed by atoms with Gasteiger partial charge in [-0.1, -0.05) is 60.7 Å². The van der Waals surface area contributed by atoms with Crippen LogP contribution in [0.25, 0.3) is 0 Å². The Hall–Kier alpha value is -2.21. The van der Waals surface area contributed by atoms with Gasteiger partial charge in [0.2, 0.25) is 5.91 Å². The largest absolute Gasteiger partial charge is 0.368 e. The summed E-state index contributed by atoms with van der Waals surface area (Å²) in [5.74, 6) is -0.310. The summed E-state index contributed by atoms with van der Waals surface area (Å²) in [6.07, 6.45) is 1.04. The van der Waals surface area contributed by atoms with Crippen LogP contribution in [0, 0.1) is 0 Å². The predicted octanol–water partition coefficient (Wildman–Crippen LogP) is 2.70. The van der Waals surface area contributed by atoms with Crippen LogP contribution in [0.5, 0.6) is 0 Å². The van der Waals surface area contributed by atoms with Crippen LogP contribution >= 0.6 is 0 Å². The van der Waals surface area contributed by atoms with Gasteiger partial charge in [0, 0.05) is 19.5 Å². The molecule has 3 rings (SSSR count). The Balaban J connectivity index is 1.74. The number of benzene rings is 2. The first-order valence-corrected chi connectivity index (χ1v) is 9.07. The van der Waals surface area contributed by atoms with Crippen molar-refractivity contribution in [3.63, 3.8) is 0 Å². The molecule has 1 atom stereocenters. The molecule has 5 heteroatoms. The first-order valence-electron chi connectivity index (χ1n) is 9.07. The average molecular weight is 354 g/mol. The van der Waals surface area contributed by atoms with E-state index in [1.165, 1.54) is 0 Å². The second-order valence-corrected chi connectivity index (χ2v) is 6.54. The van der Waals surface area contributed by atoms with Crippen molar-refractivity contribution in [3.8, 4) is 0 Å². The van der Waals surface area contributed by atoms with Gasteiger partial charge in [-0.25, -0.2) is 0 Å². The number of rotatable bonds is 9. The Morgan fingerprint density at radius 2 is 1.46 bits per heavy atom. The summed E-state index contributed by atoms with van der Waals surface area (Å²) in [6, 6.07) is 19.9. The van der Waals surface area contributed by atoms with Gasteiger partial charge in [0.15, 0.2) is 6.29 Å². The van der Waals surface area contributed by atoms with Crippen LogP contribution < -0.4 is 5.73 Å². The van der Waals surface area contributed by atoms with Gasteiger partial charge in [-0.15, -0.1) is 0 Å². The summed E-state index contributed by atoms with van der Waals surface area (Å²) in [7, 11) is 0. The van der Waals surface area contributed by atoms with Gasteiger partial charge in [0.25, 0.3) is 0 Å². The van der Waals surface area contributed by atoms with E-state index in [1.807, 2.05) is 36.4 Å². The summed E-state index contributed by atoms with van der Waals surface area (Å²) in [4.78, 5) is 14.4. The van der Waals surface area contributed by atoms with E-state index in [0.29, 0.717) is 39.1 Å². The Labute approximate surface area is 154 Å². The van der Waals surface area contributed by atoms with Gasteiger partial charge in [-0.3, -0.25) is 9.69 Å². The highest BCUT2D eigenvalue weighted by molar-refractivity contribution is 5.79. The van der Waals surface area contributed by atoms with Crippen molar-refractivity contribution in [2.75, 3.05) is 13.2 Å². The van der Waals surface area contributed by atoms with Crippen molar-refractivity contribution in [2.45, 2.75) is 38.3 Å². The van der Waals surface area contributed by atoms with E-state index in [-0.39, 0.29) is 18.2 Å². The third kappa shape index (κ3) is 5.39. The third-order valence-electron chi connectivity index (χ3n) is 4.59. The van der Waals surface area contributed by atoms with Gasteiger partial charge in [-0.05, 0) is 17.5 Å². The first-order chi connectivity index (χ1) is 12.7. The molecule has 2 aromatic carbocycles. The van der Waals surface area contributed by atoms with Crippen LogP contribution in [-0.2, 0) is 27.4 Å². The normalized spacial score (nSPS) is 16.0. The zero-order chi connectivity index (χ0) is 18.2. The Kier molecular flexibility index (Phi) is 6.77. The summed E-state index contributed by atoms with van der Waals surface area (Å²) in [5, 5.41) is 0. The molecule has 138 valence electrons. The fourth-order valence-electron chi connectivity index (χ4n) is 3.28. The summed E-state index contributed by atoms with van der Waals surface area (Å²) in [6.45, 7) is 2.55. The molecule has 1 aliphatic heterocycles. The van der Waals surface area contributed by atoms with Crippen LogP contribution in [0.1, 0.15) is 24.0 Å². The molecule has 1 heterocycles. The number of amides is 1. The average Bonchev–Trinajstić information content (AvgIpc) is 3.17. The van der Waals surface area contributed by atoms with Crippen molar-refractivity contribution in [3.05, 3.63) is 71.8 Å². The maximum Gasteiger partial charge on any atom is 0.234 e. The summed E-state index contributed by atoms with van der Waals surface area (Å²) < 4.78 is 11.0. The molecule has 0 aliphatic carbocycles. The maximum atomic E-state index is 12.2. The number of hydrogen-bond donors (Lipinski definition) is 1. The lowest BCUT2D eigenvalue weighted by Gasteiger charge is -2.30. The molecule has 0 saturated carbocycles. The highest BCUT2D eigenvalue weighted by Gasteiger charge is 2.27. The maximum absolute atomic E-state index is 12.2. The van der Waals surface area contributed by atoms with Gasteiger partial charge in [0.05, 0.1) is 19.3 Å². The van der Waals surface area contributed by atoms with Gasteiger partial charge < -0.3 is 15.2 Å². The van der Waals surface area contributed by atoms with E-state index in [0.717, 1.165) is 11.1 Å². The van der Waals surface area contributed by atoms with Gasteiger partial charge in [0.1, 0.15) is 0 Å². The molecule has 2 N–H and O–H groups in total. The van der Waals surface area contributed by atoms with Crippen LogP contribution in [0.2, 0.25) is 0 Å². The minimum absolute atomic E-state index is 0.229. The molecule has 0 spiro atoms. The minimum atomic E-state index is -0.372. The van der Waals surface area contributed by atoms with Crippen molar-refractivity contribution in [2.24, 2.45) is 5.73 Å². The highest BCUT2D eigenvalue weighted by Crippen LogP contribution is 2.19. The predicted molar refractivity (Wildman–Crippen MR) is 100 cm³/mol. The molecular weight excluding hydrogens is 328 g/mol. The zero-order valence-electron chi connectivity index (χ0n) is 14.9. The number of carbonyl (C=O) groups excluding carboxylic acids is 1. The molecule has 0 aromatic heterocycles.